The van der Waals surface area contributed by atoms with Gasteiger partial charge < -0.3 is 0 Å². The molecule has 20 heavy (non-hydrogen) atoms. The minimum Gasteiger partial charge on any atom is -0.266 e. The van der Waals surface area contributed by atoms with E-state index < -0.39 is 21.6 Å². The van der Waals surface area contributed by atoms with E-state index in [1.807, 2.05) is 0 Å². The molecule has 0 saturated carbocycles. The molecule has 114 valence electrons. The fourth-order valence-corrected chi connectivity index (χ4v) is 2.60. The maximum absolute atomic E-state index is 13.2. The average molecular weight is 306 g/mol. The Hall–Kier alpha value is -1.01. The minimum absolute atomic E-state index is 0.0480. The number of unbranched alkanes of at least 4 members (excludes halogenated alkanes) is 2. The molecule has 1 rings (SSSR count). The number of hydrogen-bond acceptors (Lipinski definition) is 3. The Bertz CT molecular complexity index is 504. The molecule has 0 atom stereocenters. The normalized spacial score (nSPS) is 12.6. The van der Waals surface area contributed by atoms with Crippen LogP contribution < -0.4 is 0 Å². The van der Waals surface area contributed by atoms with E-state index in [1.54, 1.807) is 0 Å². The fourth-order valence-electron chi connectivity index (χ4n) is 1.66. The van der Waals surface area contributed by atoms with Crippen molar-refractivity contribution in [2.45, 2.75) is 50.1 Å². The molecular formula is C14H20F2O3S. The molecule has 0 unspecified atom stereocenters. The standard InChI is InChI=1S/C14H20F2O3S/c1-14(2,16)10-4-3-5-11-19-20(17,18)13-8-6-12(15)7-9-13/h6-9H,3-5,10-11H2,1-2H3. The molecule has 6 heteroatoms. The highest BCUT2D eigenvalue weighted by atomic mass is 32.2. The monoisotopic (exact) mass is 306 g/mol. The van der Waals surface area contributed by atoms with Gasteiger partial charge in [-0.1, -0.05) is 12.8 Å². The largest absolute Gasteiger partial charge is 0.296 e. The van der Waals surface area contributed by atoms with Crippen LogP contribution in [0.5, 0.6) is 0 Å². The van der Waals surface area contributed by atoms with Gasteiger partial charge in [0.2, 0.25) is 0 Å². The number of hydrogen-bond donors (Lipinski definition) is 0. The Labute approximate surface area is 119 Å². The van der Waals surface area contributed by atoms with Crippen molar-refractivity contribution in [2.24, 2.45) is 0 Å². The highest BCUT2D eigenvalue weighted by Crippen LogP contribution is 2.18. The fraction of sp³-hybridized carbons (Fsp3) is 0.571. The molecule has 0 aromatic heterocycles. The number of halogens is 2. The minimum atomic E-state index is -3.83. The Balaban J connectivity index is 2.32. The maximum Gasteiger partial charge on any atom is 0.296 e. The van der Waals surface area contributed by atoms with Crippen LogP contribution in [0, 0.1) is 5.82 Å². The first-order valence-corrected chi connectivity index (χ1v) is 7.95. The van der Waals surface area contributed by atoms with Crippen LogP contribution in [0.1, 0.15) is 39.5 Å². The molecule has 0 bridgehead atoms. The first-order valence-electron chi connectivity index (χ1n) is 6.55. The Morgan fingerprint density at radius 2 is 1.70 bits per heavy atom. The van der Waals surface area contributed by atoms with Crippen LogP contribution in [0.4, 0.5) is 8.78 Å². The highest BCUT2D eigenvalue weighted by Gasteiger charge is 2.16. The van der Waals surface area contributed by atoms with Crippen LogP contribution in [0.15, 0.2) is 29.2 Å². The van der Waals surface area contributed by atoms with Gasteiger partial charge in [-0.25, -0.2) is 8.78 Å². The summed E-state index contributed by atoms with van der Waals surface area (Å²) < 4.78 is 54.2. The molecule has 0 radical (unpaired) electrons. The summed E-state index contributed by atoms with van der Waals surface area (Å²) in [5.41, 5.74) is -1.19. The molecule has 0 spiro atoms. The summed E-state index contributed by atoms with van der Waals surface area (Å²) in [6.45, 7) is 3.08. The summed E-state index contributed by atoms with van der Waals surface area (Å²) in [5.74, 6) is -0.502. The van der Waals surface area contributed by atoms with Gasteiger partial charge in [0.05, 0.1) is 11.5 Å². The van der Waals surface area contributed by atoms with Crippen molar-refractivity contribution in [1.82, 2.24) is 0 Å². The van der Waals surface area contributed by atoms with E-state index in [1.165, 1.54) is 13.8 Å². The van der Waals surface area contributed by atoms with Gasteiger partial charge in [0.1, 0.15) is 11.5 Å². The van der Waals surface area contributed by atoms with Crippen LogP contribution in [-0.2, 0) is 14.3 Å². The zero-order valence-electron chi connectivity index (χ0n) is 11.7. The summed E-state index contributed by atoms with van der Waals surface area (Å²) >= 11 is 0. The molecule has 1 aromatic carbocycles. The van der Waals surface area contributed by atoms with Crippen LogP contribution in [-0.4, -0.2) is 20.7 Å². The van der Waals surface area contributed by atoms with Crippen molar-refractivity contribution in [2.75, 3.05) is 6.61 Å². The summed E-state index contributed by atoms with van der Waals surface area (Å²) in [6.07, 6.45) is 2.37. The number of rotatable bonds is 8. The summed E-state index contributed by atoms with van der Waals surface area (Å²) in [7, 11) is -3.83. The first kappa shape index (κ1) is 17.0. The van der Waals surface area contributed by atoms with Crippen molar-refractivity contribution in [3.8, 4) is 0 Å². The molecule has 0 saturated heterocycles. The van der Waals surface area contributed by atoms with Crippen LogP contribution in [0.2, 0.25) is 0 Å². The second-order valence-electron chi connectivity index (χ2n) is 5.26. The van der Waals surface area contributed by atoms with Crippen LogP contribution in [0.25, 0.3) is 0 Å². The molecule has 3 nitrogen and oxygen atoms in total. The molecule has 0 heterocycles. The summed E-state index contributed by atoms with van der Waals surface area (Å²) in [6, 6.07) is 4.46. The lowest BCUT2D eigenvalue weighted by Crippen LogP contribution is -2.11. The van der Waals surface area contributed by atoms with Gasteiger partial charge in [-0.15, -0.1) is 0 Å². The summed E-state index contributed by atoms with van der Waals surface area (Å²) in [4.78, 5) is -0.0659. The van der Waals surface area contributed by atoms with Crippen LogP contribution in [0.3, 0.4) is 0 Å². The van der Waals surface area contributed by atoms with Gasteiger partial charge in [0.15, 0.2) is 0 Å². The average Bonchev–Trinajstić information content (AvgIpc) is 2.33. The van der Waals surface area contributed by atoms with E-state index in [-0.39, 0.29) is 11.5 Å². The lowest BCUT2D eigenvalue weighted by Gasteiger charge is -2.13. The van der Waals surface area contributed by atoms with Gasteiger partial charge in [-0.05, 0) is 51.0 Å². The molecule has 0 fully saturated rings. The first-order chi connectivity index (χ1) is 9.21. The lowest BCUT2D eigenvalue weighted by molar-refractivity contribution is 0.193. The van der Waals surface area contributed by atoms with Crippen molar-refractivity contribution < 1.29 is 21.4 Å². The third-order valence-electron chi connectivity index (χ3n) is 2.76. The van der Waals surface area contributed by atoms with Gasteiger partial charge in [-0.3, -0.25) is 4.18 Å². The molecule has 0 N–H and O–H groups in total. The van der Waals surface area contributed by atoms with Gasteiger partial charge in [0, 0.05) is 0 Å². The lowest BCUT2D eigenvalue weighted by atomic mass is 10.0. The van der Waals surface area contributed by atoms with E-state index in [0.29, 0.717) is 25.7 Å². The number of alkyl halides is 1. The van der Waals surface area contributed by atoms with Crippen molar-refractivity contribution >= 4 is 10.1 Å². The van der Waals surface area contributed by atoms with Crippen LogP contribution >= 0.6 is 0 Å². The quantitative estimate of drug-likeness (QED) is 0.541. The Morgan fingerprint density at radius 3 is 2.25 bits per heavy atom. The molecule has 0 aliphatic heterocycles. The topological polar surface area (TPSA) is 43.4 Å². The van der Waals surface area contributed by atoms with Gasteiger partial charge in [-0.2, -0.15) is 8.42 Å². The SMILES string of the molecule is CC(C)(F)CCCCCOS(=O)(=O)c1ccc(F)cc1. The van der Waals surface area contributed by atoms with E-state index in [0.717, 1.165) is 24.3 Å². The Kier molecular flexibility index (Phi) is 6.07. The molecule has 1 aromatic rings. The molecule has 0 aliphatic rings. The Morgan fingerprint density at radius 1 is 1.10 bits per heavy atom. The zero-order chi connectivity index (χ0) is 15.2. The van der Waals surface area contributed by atoms with E-state index in [4.69, 9.17) is 4.18 Å². The predicted octanol–water partition coefficient (Wildman–Crippen LogP) is 3.84. The third kappa shape index (κ3) is 6.43. The second-order valence-corrected chi connectivity index (χ2v) is 6.87. The van der Waals surface area contributed by atoms with Gasteiger partial charge >= 0.3 is 0 Å². The van der Waals surface area contributed by atoms with Crippen molar-refractivity contribution in [3.05, 3.63) is 30.1 Å². The zero-order valence-corrected chi connectivity index (χ0v) is 12.6. The van der Waals surface area contributed by atoms with Gasteiger partial charge in [0.25, 0.3) is 10.1 Å². The number of benzene rings is 1. The smallest absolute Gasteiger partial charge is 0.266 e. The van der Waals surface area contributed by atoms with E-state index in [9.17, 15) is 17.2 Å². The van der Waals surface area contributed by atoms with Crippen molar-refractivity contribution in [1.29, 1.82) is 0 Å². The highest BCUT2D eigenvalue weighted by molar-refractivity contribution is 7.86. The van der Waals surface area contributed by atoms with E-state index in [2.05, 4.69) is 0 Å². The van der Waals surface area contributed by atoms with E-state index >= 15 is 0 Å². The molecule has 0 aliphatic carbocycles. The molecular weight excluding hydrogens is 286 g/mol. The summed E-state index contributed by atoms with van der Waals surface area (Å²) in [5, 5.41) is 0. The molecule has 0 amide bonds. The maximum atomic E-state index is 13.2. The predicted molar refractivity (Wildman–Crippen MR) is 73.2 cm³/mol. The second kappa shape index (κ2) is 7.13. The van der Waals surface area contributed by atoms with Crippen molar-refractivity contribution in [3.63, 3.8) is 0 Å². The third-order valence-corrected chi connectivity index (χ3v) is 4.08.